The molecule has 0 fully saturated rings. The normalized spacial score (nSPS) is 11.6. The molecule has 0 bridgehead atoms. The Bertz CT molecular complexity index is 539. The Labute approximate surface area is 103 Å². The first-order valence-corrected chi connectivity index (χ1v) is 5.85. The fraction of sp³-hybridized carbons (Fsp3) is 0.188. The second-order valence-corrected chi connectivity index (χ2v) is 4.28. The van der Waals surface area contributed by atoms with Crippen LogP contribution in [0.5, 0.6) is 0 Å². The number of aryl methyl sites for hydroxylation is 1. The van der Waals surface area contributed by atoms with Gasteiger partial charge in [-0.15, -0.1) is 0 Å². The lowest BCUT2D eigenvalue weighted by Gasteiger charge is -2.06. The first-order valence-electron chi connectivity index (χ1n) is 5.85. The first kappa shape index (κ1) is 11.6. The lowest BCUT2D eigenvalue weighted by Crippen LogP contribution is -1.93. The predicted molar refractivity (Wildman–Crippen MR) is 74.2 cm³/mol. The highest BCUT2D eigenvalue weighted by atomic mass is 14.7. The Morgan fingerprint density at radius 3 is 2.29 bits per heavy atom. The van der Waals surface area contributed by atoms with E-state index in [1.807, 2.05) is 18.2 Å². The fourth-order valence-corrected chi connectivity index (χ4v) is 1.78. The molecule has 0 radical (unpaired) electrons. The van der Waals surface area contributed by atoms with Crippen molar-refractivity contribution in [1.29, 1.82) is 0 Å². The standard InChI is InChI=1S/C16H17N/c1-12-8-7-11-16(13(12)2)17-14(3)15-9-5-4-6-10-15/h4-11H,1-3H3. The summed E-state index contributed by atoms with van der Waals surface area (Å²) in [5.74, 6) is 0. The smallest absolute Gasteiger partial charge is 0.0664 e. The summed E-state index contributed by atoms with van der Waals surface area (Å²) < 4.78 is 0. The van der Waals surface area contributed by atoms with Gasteiger partial charge in [-0.05, 0) is 43.5 Å². The van der Waals surface area contributed by atoms with Crippen LogP contribution >= 0.6 is 0 Å². The van der Waals surface area contributed by atoms with Crippen LogP contribution in [0.2, 0.25) is 0 Å². The average molecular weight is 223 g/mol. The molecular weight excluding hydrogens is 206 g/mol. The molecule has 0 saturated carbocycles. The monoisotopic (exact) mass is 223 g/mol. The second kappa shape index (κ2) is 4.96. The van der Waals surface area contributed by atoms with Gasteiger partial charge in [0.1, 0.15) is 0 Å². The molecule has 0 aromatic heterocycles. The van der Waals surface area contributed by atoms with Crippen molar-refractivity contribution in [2.24, 2.45) is 4.99 Å². The molecule has 0 saturated heterocycles. The molecule has 1 nitrogen and oxygen atoms in total. The number of benzene rings is 2. The van der Waals surface area contributed by atoms with Crippen LogP contribution in [0.1, 0.15) is 23.6 Å². The summed E-state index contributed by atoms with van der Waals surface area (Å²) >= 11 is 0. The van der Waals surface area contributed by atoms with Gasteiger partial charge in [0.25, 0.3) is 0 Å². The second-order valence-electron chi connectivity index (χ2n) is 4.28. The van der Waals surface area contributed by atoms with Crippen molar-refractivity contribution in [2.75, 3.05) is 0 Å². The van der Waals surface area contributed by atoms with Gasteiger partial charge in [0.15, 0.2) is 0 Å². The Morgan fingerprint density at radius 2 is 1.59 bits per heavy atom. The number of aliphatic imine (C=N–C) groups is 1. The Kier molecular flexibility index (Phi) is 3.38. The van der Waals surface area contributed by atoms with Gasteiger partial charge in [-0.25, -0.2) is 0 Å². The molecule has 2 aromatic rings. The van der Waals surface area contributed by atoms with Crippen molar-refractivity contribution in [3.63, 3.8) is 0 Å². The van der Waals surface area contributed by atoms with Crippen molar-refractivity contribution in [1.82, 2.24) is 0 Å². The molecular formula is C16H17N. The summed E-state index contributed by atoms with van der Waals surface area (Å²) in [5.41, 5.74) is 5.83. The van der Waals surface area contributed by atoms with Crippen molar-refractivity contribution < 1.29 is 0 Å². The average Bonchev–Trinajstić information content (AvgIpc) is 2.36. The maximum Gasteiger partial charge on any atom is 0.0664 e. The van der Waals surface area contributed by atoms with E-state index in [1.165, 1.54) is 16.7 Å². The first-order chi connectivity index (χ1) is 8.18. The van der Waals surface area contributed by atoms with E-state index < -0.39 is 0 Å². The van der Waals surface area contributed by atoms with E-state index in [9.17, 15) is 0 Å². The topological polar surface area (TPSA) is 12.4 Å². The summed E-state index contributed by atoms with van der Waals surface area (Å²) in [6.45, 7) is 6.29. The summed E-state index contributed by atoms with van der Waals surface area (Å²) in [6.07, 6.45) is 0. The van der Waals surface area contributed by atoms with E-state index in [2.05, 4.69) is 51.1 Å². The predicted octanol–water partition coefficient (Wildman–Crippen LogP) is 4.44. The molecule has 0 aliphatic rings. The third-order valence-corrected chi connectivity index (χ3v) is 3.06. The minimum Gasteiger partial charge on any atom is -0.253 e. The molecule has 0 amide bonds. The Hall–Kier alpha value is -1.89. The van der Waals surface area contributed by atoms with Crippen molar-refractivity contribution in [3.05, 3.63) is 65.2 Å². The van der Waals surface area contributed by atoms with E-state index in [0.717, 1.165) is 11.4 Å². The molecule has 17 heavy (non-hydrogen) atoms. The van der Waals surface area contributed by atoms with Gasteiger partial charge >= 0.3 is 0 Å². The number of nitrogens with zero attached hydrogens (tertiary/aromatic N) is 1. The molecule has 0 unspecified atom stereocenters. The van der Waals surface area contributed by atoms with Gasteiger partial charge in [-0.3, -0.25) is 4.99 Å². The van der Waals surface area contributed by atoms with Gasteiger partial charge in [0.2, 0.25) is 0 Å². The summed E-state index contributed by atoms with van der Waals surface area (Å²) in [5, 5.41) is 0. The van der Waals surface area contributed by atoms with E-state index in [0.29, 0.717) is 0 Å². The highest BCUT2D eigenvalue weighted by molar-refractivity contribution is 6.00. The maximum absolute atomic E-state index is 4.71. The Balaban J connectivity index is 2.40. The lowest BCUT2D eigenvalue weighted by molar-refractivity contribution is 1.31. The zero-order chi connectivity index (χ0) is 12.3. The molecule has 2 aromatic carbocycles. The fourth-order valence-electron chi connectivity index (χ4n) is 1.78. The number of rotatable bonds is 2. The van der Waals surface area contributed by atoms with E-state index in [1.54, 1.807) is 0 Å². The molecule has 0 spiro atoms. The van der Waals surface area contributed by atoms with Gasteiger partial charge < -0.3 is 0 Å². The van der Waals surface area contributed by atoms with E-state index in [-0.39, 0.29) is 0 Å². The number of hydrogen-bond acceptors (Lipinski definition) is 1. The number of hydrogen-bond donors (Lipinski definition) is 0. The van der Waals surface area contributed by atoms with Crippen LogP contribution in [0.25, 0.3) is 0 Å². The van der Waals surface area contributed by atoms with Crippen molar-refractivity contribution >= 4 is 11.4 Å². The third kappa shape index (κ3) is 2.62. The summed E-state index contributed by atoms with van der Waals surface area (Å²) in [7, 11) is 0. The summed E-state index contributed by atoms with van der Waals surface area (Å²) in [4.78, 5) is 4.71. The van der Waals surface area contributed by atoms with Crippen LogP contribution in [0.3, 0.4) is 0 Å². The van der Waals surface area contributed by atoms with Crippen LogP contribution in [0, 0.1) is 13.8 Å². The summed E-state index contributed by atoms with van der Waals surface area (Å²) in [6, 6.07) is 16.5. The molecule has 0 N–H and O–H groups in total. The van der Waals surface area contributed by atoms with Gasteiger partial charge in [0, 0.05) is 5.71 Å². The molecule has 2 rings (SSSR count). The van der Waals surface area contributed by atoms with Crippen LogP contribution in [0.15, 0.2) is 53.5 Å². The van der Waals surface area contributed by atoms with Crippen molar-refractivity contribution in [2.45, 2.75) is 20.8 Å². The molecule has 0 heterocycles. The van der Waals surface area contributed by atoms with Crippen LogP contribution in [-0.4, -0.2) is 5.71 Å². The SMILES string of the molecule is CC(=Nc1cccc(C)c1C)c1ccccc1. The molecule has 0 aliphatic heterocycles. The molecule has 1 heteroatoms. The molecule has 86 valence electrons. The minimum absolute atomic E-state index is 1.05. The van der Waals surface area contributed by atoms with Crippen LogP contribution in [-0.2, 0) is 0 Å². The van der Waals surface area contributed by atoms with Gasteiger partial charge in [-0.2, -0.15) is 0 Å². The zero-order valence-electron chi connectivity index (χ0n) is 10.6. The highest BCUT2D eigenvalue weighted by Crippen LogP contribution is 2.22. The van der Waals surface area contributed by atoms with Crippen LogP contribution in [0.4, 0.5) is 5.69 Å². The highest BCUT2D eigenvalue weighted by Gasteiger charge is 2.01. The largest absolute Gasteiger partial charge is 0.253 e. The quantitative estimate of drug-likeness (QED) is 0.667. The van der Waals surface area contributed by atoms with Gasteiger partial charge in [-0.1, -0.05) is 42.5 Å². The third-order valence-electron chi connectivity index (χ3n) is 3.06. The van der Waals surface area contributed by atoms with E-state index in [4.69, 9.17) is 4.99 Å². The van der Waals surface area contributed by atoms with Crippen LogP contribution < -0.4 is 0 Å². The molecule has 0 aliphatic carbocycles. The zero-order valence-corrected chi connectivity index (χ0v) is 10.6. The Morgan fingerprint density at radius 1 is 0.882 bits per heavy atom. The van der Waals surface area contributed by atoms with Gasteiger partial charge in [0.05, 0.1) is 5.69 Å². The van der Waals surface area contributed by atoms with Crippen molar-refractivity contribution in [3.8, 4) is 0 Å². The minimum atomic E-state index is 1.05. The van der Waals surface area contributed by atoms with E-state index >= 15 is 0 Å². The lowest BCUT2D eigenvalue weighted by atomic mass is 10.1. The maximum atomic E-state index is 4.71. The molecule has 0 atom stereocenters.